The number of carbonyl (C=O) groups excluding carboxylic acids is 1. The maximum Gasteiger partial charge on any atom is 0.278 e. The molecule has 1 aromatic heterocycles. The largest absolute Gasteiger partial charge is 0.323 e. The molecule has 3 aromatic rings. The van der Waals surface area contributed by atoms with Gasteiger partial charge in [0.1, 0.15) is 11.6 Å². The van der Waals surface area contributed by atoms with Crippen molar-refractivity contribution in [2.45, 2.75) is 19.9 Å². The SMILES string of the molecule is CC(C)C(C(=O)Nc1ccc(Cl)cc1Cl)n1nnc2ccccc2c1=O. The molecule has 0 aliphatic rings. The third-order valence-corrected chi connectivity index (χ3v) is 4.49. The van der Waals surface area contributed by atoms with Crippen molar-refractivity contribution in [1.29, 1.82) is 0 Å². The van der Waals surface area contributed by atoms with E-state index in [0.717, 1.165) is 4.68 Å². The summed E-state index contributed by atoms with van der Waals surface area (Å²) >= 11 is 12.0. The lowest BCUT2D eigenvalue weighted by Gasteiger charge is -2.21. The molecule has 0 saturated carbocycles. The van der Waals surface area contributed by atoms with Gasteiger partial charge in [-0.25, -0.2) is 0 Å². The first-order valence-electron chi connectivity index (χ1n) is 7.98. The molecule has 6 nitrogen and oxygen atoms in total. The average molecular weight is 391 g/mol. The standard InChI is InChI=1S/C18H16Cl2N4O2/c1-10(2)16(17(25)21-15-8-7-11(19)9-13(15)20)24-18(26)12-5-3-4-6-14(12)22-23-24/h3-10,16H,1-2H3,(H,21,25). The second-order valence-electron chi connectivity index (χ2n) is 6.16. The number of anilines is 1. The zero-order chi connectivity index (χ0) is 18.8. The van der Waals surface area contributed by atoms with Gasteiger partial charge in [0.15, 0.2) is 0 Å². The summed E-state index contributed by atoms with van der Waals surface area (Å²) < 4.78 is 1.12. The molecule has 1 atom stereocenters. The van der Waals surface area contributed by atoms with Crippen LogP contribution in [0.5, 0.6) is 0 Å². The van der Waals surface area contributed by atoms with E-state index in [4.69, 9.17) is 23.2 Å². The van der Waals surface area contributed by atoms with E-state index < -0.39 is 11.9 Å². The molecule has 1 N–H and O–H groups in total. The Balaban J connectivity index is 2.00. The molecule has 0 bridgehead atoms. The highest BCUT2D eigenvalue weighted by molar-refractivity contribution is 6.36. The van der Waals surface area contributed by atoms with Crippen molar-refractivity contribution in [3.8, 4) is 0 Å². The fourth-order valence-electron chi connectivity index (χ4n) is 2.68. The fourth-order valence-corrected chi connectivity index (χ4v) is 3.13. The van der Waals surface area contributed by atoms with E-state index in [1.807, 2.05) is 13.8 Å². The van der Waals surface area contributed by atoms with E-state index in [1.54, 1.807) is 36.4 Å². The summed E-state index contributed by atoms with van der Waals surface area (Å²) in [7, 11) is 0. The number of fused-ring (bicyclic) bond motifs is 1. The number of rotatable bonds is 4. The fraction of sp³-hybridized carbons (Fsp3) is 0.222. The molecule has 0 aliphatic heterocycles. The molecule has 8 heteroatoms. The van der Waals surface area contributed by atoms with E-state index in [1.165, 1.54) is 6.07 Å². The van der Waals surface area contributed by atoms with Crippen LogP contribution in [-0.4, -0.2) is 20.9 Å². The Morgan fingerprint density at radius 3 is 2.58 bits per heavy atom. The van der Waals surface area contributed by atoms with E-state index in [9.17, 15) is 9.59 Å². The number of hydrogen-bond donors (Lipinski definition) is 1. The number of aromatic nitrogens is 3. The molecule has 3 rings (SSSR count). The third-order valence-electron chi connectivity index (χ3n) is 3.94. The predicted octanol–water partition coefficient (Wildman–Crippen LogP) is 3.93. The molecule has 0 spiro atoms. The van der Waals surface area contributed by atoms with Crippen LogP contribution in [0.2, 0.25) is 10.0 Å². The molecule has 0 radical (unpaired) electrons. The van der Waals surface area contributed by atoms with Crippen molar-refractivity contribution in [3.63, 3.8) is 0 Å². The normalized spacial score (nSPS) is 12.3. The zero-order valence-corrected chi connectivity index (χ0v) is 15.6. The van der Waals surface area contributed by atoms with Crippen molar-refractivity contribution in [3.05, 3.63) is 62.9 Å². The van der Waals surface area contributed by atoms with Gasteiger partial charge in [-0.05, 0) is 36.2 Å². The summed E-state index contributed by atoms with van der Waals surface area (Å²) in [6.07, 6.45) is 0. The van der Waals surface area contributed by atoms with Gasteiger partial charge in [0.05, 0.1) is 16.1 Å². The lowest BCUT2D eigenvalue weighted by Crippen LogP contribution is -2.38. The number of benzene rings is 2. The third kappa shape index (κ3) is 3.57. The Kier molecular flexibility index (Phi) is 5.25. The van der Waals surface area contributed by atoms with Crippen LogP contribution in [0.1, 0.15) is 19.9 Å². The van der Waals surface area contributed by atoms with Crippen molar-refractivity contribution in [1.82, 2.24) is 15.0 Å². The molecule has 26 heavy (non-hydrogen) atoms. The Bertz CT molecular complexity index is 1030. The van der Waals surface area contributed by atoms with Crippen LogP contribution in [-0.2, 0) is 4.79 Å². The molecule has 134 valence electrons. The maximum absolute atomic E-state index is 12.8. The summed E-state index contributed by atoms with van der Waals surface area (Å²) in [4.78, 5) is 25.6. The predicted molar refractivity (Wildman–Crippen MR) is 103 cm³/mol. The van der Waals surface area contributed by atoms with Crippen LogP contribution in [0, 0.1) is 5.92 Å². The summed E-state index contributed by atoms with van der Waals surface area (Å²) in [5.74, 6) is -0.606. The second kappa shape index (κ2) is 7.43. The Labute approximate surface area is 159 Å². The first-order valence-corrected chi connectivity index (χ1v) is 8.74. The smallest absolute Gasteiger partial charge is 0.278 e. The minimum absolute atomic E-state index is 0.200. The molecule has 1 amide bonds. The Hall–Kier alpha value is -2.44. The van der Waals surface area contributed by atoms with Gasteiger partial charge in [0.25, 0.3) is 5.56 Å². The average Bonchev–Trinajstić information content (AvgIpc) is 2.59. The number of amides is 1. The van der Waals surface area contributed by atoms with Gasteiger partial charge in [0.2, 0.25) is 5.91 Å². The molecule has 2 aromatic carbocycles. The summed E-state index contributed by atoms with van der Waals surface area (Å²) in [5, 5.41) is 11.9. The minimum Gasteiger partial charge on any atom is -0.323 e. The Morgan fingerprint density at radius 2 is 1.88 bits per heavy atom. The second-order valence-corrected chi connectivity index (χ2v) is 7.00. The van der Waals surface area contributed by atoms with Crippen LogP contribution >= 0.6 is 23.2 Å². The van der Waals surface area contributed by atoms with Gasteiger partial charge in [-0.3, -0.25) is 9.59 Å². The number of halogens is 2. The van der Waals surface area contributed by atoms with E-state index >= 15 is 0 Å². The van der Waals surface area contributed by atoms with Gasteiger partial charge in [0, 0.05) is 5.02 Å². The van der Waals surface area contributed by atoms with Crippen LogP contribution in [0.3, 0.4) is 0 Å². The van der Waals surface area contributed by atoms with E-state index in [-0.39, 0.29) is 11.5 Å². The molecule has 0 fully saturated rings. The monoisotopic (exact) mass is 390 g/mol. The van der Waals surface area contributed by atoms with Gasteiger partial charge in [-0.2, -0.15) is 4.68 Å². The van der Waals surface area contributed by atoms with Gasteiger partial charge < -0.3 is 5.32 Å². The first-order chi connectivity index (χ1) is 12.4. The van der Waals surface area contributed by atoms with Crippen molar-refractivity contribution < 1.29 is 4.79 Å². The number of nitrogens with zero attached hydrogens (tertiary/aromatic N) is 3. The zero-order valence-electron chi connectivity index (χ0n) is 14.1. The molecule has 1 unspecified atom stereocenters. The quantitative estimate of drug-likeness (QED) is 0.731. The van der Waals surface area contributed by atoms with Gasteiger partial charge in [-0.1, -0.05) is 54.4 Å². The highest BCUT2D eigenvalue weighted by Crippen LogP contribution is 2.27. The molecule has 0 aliphatic carbocycles. The van der Waals surface area contributed by atoms with Crippen LogP contribution in [0.15, 0.2) is 47.3 Å². The van der Waals surface area contributed by atoms with Gasteiger partial charge >= 0.3 is 0 Å². The lowest BCUT2D eigenvalue weighted by atomic mass is 10.0. The number of hydrogen-bond acceptors (Lipinski definition) is 4. The molecular formula is C18H16Cl2N4O2. The summed E-state index contributed by atoms with van der Waals surface area (Å²) in [5.41, 5.74) is 0.526. The highest BCUT2D eigenvalue weighted by Gasteiger charge is 2.28. The number of nitrogens with one attached hydrogen (secondary N) is 1. The number of carbonyl (C=O) groups is 1. The summed E-state index contributed by atoms with van der Waals surface area (Å²) in [6.45, 7) is 3.66. The summed E-state index contributed by atoms with van der Waals surface area (Å²) in [6, 6.07) is 10.8. The van der Waals surface area contributed by atoms with Crippen LogP contribution in [0.25, 0.3) is 10.9 Å². The highest BCUT2D eigenvalue weighted by atomic mass is 35.5. The molecular weight excluding hydrogens is 375 g/mol. The molecule has 0 saturated heterocycles. The van der Waals surface area contributed by atoms with Crippen LogP contribution in [0.4, 0.5) is 5.69 Å². The van der Waals surface area contributed by atoms with Crippen molar-refractivity contribution in [2.75, 3.05) is 5.32 Å². The van der Waals surface area contributed by atoms with E-state index in [2.05, 4.69) is 15.6 Å². The first kappa shape index (κ1) is 18.4. The molecule has 1 heterocycles. The van der Waals surface area contributed by atoms with Crippen LogP contribution < -0.4 is 10.9 Å². The maximum atomic E-state index is 12.8. The van der Waals surface area contributed by atoms with Gasteiger partial charge in [-0.15, -0.1) is 5.10 Å². The Morgan fingerprint density at radius 1 is 1.15 bits per heavy atom. The topological polar surface area (TPSA) is 76.9 Å². The minimum atomic E-state index is -0.841. The lowest BCUT2D eigenvalue weighted by molar-refractivity contribution is -0.120. The van der Waals surface area contributed by atoms with Crippen molar-refractivity contribution in [2.24, 2.45) is 5.92 Å². The van der Waals surface area contributed by atoms with Crippen molar-refractivity contribution >= 4 is 45.7 Å². The van der Waals surface area contributed by atoms with E-state index in [0.29, 0.717) is 26.6 Å².